The van der Waals surface area contributed by atoms with E-state index in [2.05, 4.69) is 25.2 Å². The van der Waals surface area contributed by atoms with Crippen LogP contribution in [0, 0.1) is 0 Å². The molecule has 0 aliphatic rings. The van der Waals surface area contributed by atoms with Gasteiger partial charge in [-0.25, -0.2) is 18.1 Å². The third kappa shape index (κ3) is 3.63. The molecule has 0 fully saturated rings. The number of hydrogen-bond donors (Lipinski definition) is 3. The second-order valence-electron chi connectivity index (χ2n) is 3.83. The molecule has 0 aliphatic heterocycles. The Kier molecular flexibility index (Phi) is 4.30. The van der Waals surface area contributed by atoms with E-state index in [1.54, 1.807) is 13.1 Å². The summed E-state index contributed by atoms with van der Waals surface area (Å²) in [5.41, 5.74) is 0. The molecule has 8 nitrogen and oxygen atoms in total. The molecule has 0 unspecified atom stereocenters. The minimum atomic E-state index is -3.62. The first-order chi connectivity index (χ1) is 9.12. The molecule has 2 rings (SSSR count). The van der Waals surface area contributed by atoms with Gasteiger partial charge in [0.1, 0.15) is 17.9 Å². The molecule has 0 amide bonds. The lowest BCUT2D eigenvalue weighted by molar-refractivity contribution is 0.404. The van der Waals surface area contributed by atoms with Gasteiger partial charge in [0.25, 0.3) is 10.0 Å². The summed E-state index contributed by atoms with van der Waals surface area (Å²) in [6.07, 6.45) is 1.81. The lowest BCUT2D eigenvalue weighted by Gasteiger charge is -2.02. The van der Waals surface area contributed by atoms with Gasteiger partial charge in [0.15, 0.2) is 0 Å². The van der Waals surface area contributed by atoms with Gasteiger partial charge in [-0.3, -0.25) is 5.10 Å². The highest BCUT2D eigenvalue weighted by Gasteiger charge is 2.18. The number of furan rings is 1. The lowest BCUT2D eigenvalue weighted by atomic mass is 10.4. The summed E-state index contributed by atoms with van der Waals surface area (Å²) in [6.45, 7) is 0.702. The minimum absolute atomic E-state index is 0.0877. The van der Waals surface area contributed by atoms with Crippen LogP contribution in [0.15, 0.2) is 28.0 Å². The molecule has 0 radical (unpaired) electrons. The van der Waals surface area contributed by atoms with E-state index in [4.69, 9.17) is 4.42 Å². The Bertz CT molecular complexity index is 605. The number of aromatic amines is 1. The fraction of sp³-hybridized carbons (Fsp3) is 0.400. The molecule has 0 atom stereocenters. The quantitative estimate of drug-likeness (QED) is 0.640. The normalized spacial score (nSPS) is 11.8. The van der Waals surface area contributed by atoms with Gasteiger partial charge in [-0.15, -0.1) is 0 Å². The zero-order valence-electron chi connectivity index (χ0n) is 10.4. The SMILES string of the molecule is CNCc1ccc(S(=O)(=O)NCCc2ncn[nH]2)o1. The van der Waals surface area contributed by atoms with Gasteiger partial charge < -0.3 is 9.73 Å². The van der Waals surface area contributed by atoms with Gasteiger partial charge in [-0.05, 0) is 19.2 Å². The average Bonchev–Trinajstić information content (AvgIpc) is 3.00. The zero-order chi connectivity index (χ0) is 13.7. The number of sulfonamides is 1. The van der Waals surface area contributed by atoms with E-state index in [0.717, 1.165) is 0 Å². The third-order valence-electron chi connectivity index (χ3n) is 2.37. The van der Waals surface area contributed by atoms with Crippen molar-refractivity contribution >= 4 is 10.0 Å². The molecule has 0 aliphatic carbocycles. The van der Waals surface area contributed by atoms with Gasteiger partial charge in [0.05, 0.1) is 6.54 Å². The molecule has 0 aromatic carbocycles. The third-order valence-corrected chi connectivity index (χ3v) is 3.70. The number of nitrogens with one attached hydrogen (secondary N) is 3. The Morgan fingerprint density at radius 3 is 2.95 bits per heavy atom. The summed E-state index contributed by atoms with van der Waals surface area (Å²) in [5, 5.41) is 9.13. The summed E-state index contributed by atoms with van der Waals surface area (Å²) < 4.78 is 31.5. The first-order valence-corrected chi connectivity index (χ1v) is 7.17. The number of hydrogen-bond acceptors (Lipinski definition) is 6. The van der Waals surface area contributed by atoms with Gasteiger partial charge in [-0.2, -0.15) is 5.10 Å². The van der Waals surface area contributed by atoms with Crippen molar-refractivity contribution in [3.63, 3.8) is 0 Å². The van der Waals surface area contributed by atoms with E-state index in [1.807, 2.05) is 0 Å². The Labute approximate surface area is 110 Å². The number of nitrogens with zero attached hydrogens (tertiary/aromatic N) is 2. The molecule has 0 spiro atoms. The van der Waals surface area contributed by atoms with Crippen LogP contribution >= 0.6 is 0 Å². The topological polar surface area (TPSA) is 113 Å². The van der Waals surface area contributed by atoms with E-state index in [0.29, 0.717) is 24.6 Å². The molecule has 0 saturated heterocycles. The Morgan fingerprint density at radius 2 is 2.26 bits per heavy atom. The van der Waals surface area contributed by atoms with Gasteiger partial charge in [0, 0.05) is 13.0 Å². The van der Waals surface area contributed by atoms with E-state index < -0.39 is 10.0 Å². The van der Waals surface area contributed by atoms with Gasteiger partial charge in [-0.1, -0.05) is 0 Å². The van der Waals surface area contributed by atoms with Crippen molar-refractivity contribution in [1.82, 2.24) is 25.2 Å². The van der Waals surface area contributed by atoms with Crippen molar-refractivity contribution in [3.8, 4) is 0 Å². The summed E-state index contributed by atoms with van der Waals surface area (Å²) in [6, 6.07) is 3.06. The van der Waals surface area contributed by atoms with Crippen LogP contribution in [0.4, 0.5) is 0 Å². The van der Waals surface area contributed by atoms with E-state index in [9.17, 15) is 8.42 Å². The number of rotatable bonds is 7. The molecule has 2 heterocycles. The highest BCUT2D eigenvalue weighted by molar-refractivity contribution is 7.89. The van der Waals surface area contributed by atoms with Crippen LogP contribution in [0.25, 0.3) is 0 Å². The highest BCUT2D eigenvalue weighted by atomic mass is 32.2. The number of aromatic nitrogens is 3. The molecule has 0 bridgehead atoms. The minimum Gasteiger partial charge on any atom is -0.447 e. The Balaban J connectivity index is 1.93. The van der Waals surface area contributed by atoms with Crippen LogP contribution in [0.5, 0.6) is 0 Å². The summed E-state index contributed by atoms with van der Waals surface area (Å²) in [5.74, 6) is 1.19. The average molecular weight is 285 g/mol. The fourth-order valence-corrected chi connectivity index (χ4v) is 2.48. The predicted molar refractivity (Wildman–Crippen MR) is 66.7 cm³/mol. The highest BCUT2D eigenvalue weighted by Crippen LogP contribution is 2.13. The van der Waals surface area contributed by atoms with Crippen molar-refractivity contribution in [1.29, 1.82) is 0 Å². The summed E-state index contributed by atoms with van der Waals surface area (Å²) in [7, 11) is -1.86. The Morgan fingerprint density at radius 1 is 1.42 bits per heavy atom. The lowest BCUT2D eigenvalue weighted by Crippen LogP contribution is -2.25. The standard InChI is InChI=1S/C10H15N5O3S/c1-11-6-8-2-3-10(18-8)19(16,17)14-5-4-9-12-7-13-15-9/h2-3,7,11,14H,4-6H2,1H3,(H,12,13,15). The summed E-state index contributed by atoms with van der Waals surface area (Å²) >= 11 is 0. The van der Waals surface area contributed by atoms with Crippen LogP contribution in [-0.2, 0) is 23.0 Å². The van der Waals surface area contributed by atoms with Crippen molar-refractivity contribution < 1.29 is 12.8 Å². The molecule has 9 heteroatoms. The zero-order valence-corrected chi connectivity index (χ0v) is 11.2. The van der Waals surface area contributed by atoms with Crippen LogP contribution in [0.2, 0.25) is 0 Å². The van der Waals surface area contributed by atoms with Crippen molar-refractivity contribution in [3.05, 3.63) is 30.0 Å². The Hall–Kier alpha value is -1.71. The van der Waals surface area contributed by atoms with Crippen LogP contribution in [0.3, 0.4) is 0 Å². The van der Waals surface area contributed by atoms with Gasteiger partial charge >= 0.3 is 0 Å². The second-order valence-corrected chi connectivity index (χ2v) is 5.53. The molecule has 2 aromatic rings. The monoisotopic (exact) mass is 285 g/mol. The maximum Gasteiger partial charge on any atom is 0.273 e. The van der Waals surface area contributed by atoms with Gasteiger partial charge in [0.2, 0.25) is 5.09 Å². The maximum atomic E-state index is 11.9. The van der Waals surface area contributed by atoms with Crippen LogP contribution in [-0.4, -0.2) is 37.2 Å². The second kappa shape index (κ2) is 5.95. The molecule has 19 heavy (non-hydrogen) atoms. The first-order valence-electron chi connectivity index (χ1n) is 5.69. The van der Waals surface area contributed by atoms with E-state index >= 15 is 0 Å². The van der Waals surface area contributed by atoms with Crippen LogP contribution in [0.1, 0.15) is 11.6 Å². The largest absolute Gasteiger partial charge is 0.447 e. The smallest absolute Gasteiger partial charge is 0.273 e. The van der Waals surface area contributed by atoms with Crippen molar-refractivity contribution in [2.45, 2.75) is 18.1 Å². The first kappa shape index (κ1) is 13.7. The molecule has 0 saturated carbocycles. The maximum absolute atomic E-state index is 11.9. The predicted octanol–water partition coefficient (Wildman–Crippen LogP) is -0.362. The van der Waals surface area contributed by atoms with Crippen LogP contribution < -0.4 is 10.0 Å². The molecule has 3 N–H and O–H groups in total. The molecule has 2 aromatic heterocycles. The molecular weight excluding hydrogens is 270 g/mol. The molecular formula is C10H15N5O3S. The van der Waals surface area contributed by atoms with Crippen molar-refractivity contribution in [2.24, 2.45) is 0 Å². The van der Waals surface area contributed by atoms with E-state index in [1.165, 1.54) is 12.4 Å². The fourth-order valence-electron chi connectivity index (χ4n) is 1.50. The summed E-state index contributed by atoms with van der Waals surface area (Å²) in [4.78, 5) is 3.90. The molecule has 104 valence electrons. The van der Waals surface area contributed by atoms with E-state index in [-0.39, 0.29) is 11.6 Å². The number of H-pyrrole nitrogens is 1. The van der Waals surface area contributed by atoms with Crippen molar-refractivity contribution in [2.75, 3.05) is 13.6 Å².